The molecule has 0 saturated heterocycles. The Bertz CT molecular complexity index is 524. The Kier molecular flexibility index (Phi) is 4.57. The van der Waals surface area contributed by atoms with Crippen LogP contribution in [-0.2, 0) is 16.1 Å². The smallest absolute Gasteiger partial charge is 0.309 e. The second-order valence-electron chi connectivity index (χ2n) is 5.62. The van der Waals surface area contributed by atoms with Crippen molar-refractivity contribution in [3.05, 3.63) is 35.6 Å². The van der Waals surface area contributed by atoms with E-state index >= 15 is 0 Å². The molecule has 0 spiro atoms. The summed E-state index contributed by atoms with van der Waals surface area (Å²) in [7, 11) is 0. The summed E-state index contributed by atoms with van der Waals surface area (Å²) < 4.78 is 12.7. The molecule has 0 aromatic heterocycles. The molecule has 1 aromatic rings. The van der Waals surface area contributed by atoms with Crippen molar-refractivity contribution < 1.29 is 19.1 Å². The zero-order valence-electron chi connectivity index (χ0n) is 11.9. The van der Waals surface area contributed by atoms with Crippen molar-refractivity contribution in [2.45, 2.75) is 31.9 Å². The minimum absolute atomic E-state index is 0.0560. The van der Waals surface area contributed by atoms with Crippen molar-refractivity contribution in [2.24, 2.45) is 5.92 Å². The van der Waals surface area contributed by atoms with Crippen LogP contribution in [0.15, 0.2) is 24.3 Å². The molecule has 1 aromatic carbocycles. The van der Waals surface area contributed by atoms with Gasteiger partial charge in [-0.25, -0.2) is 4.39 Å². The molecule has 1 saturated carbocycles. The van der Waals surface area contributed by atoms with Crippen molar-refractivity contribution >= 4 is 11.8 Å². The summed E-state index contributed by atoms with van der Waals surface area (Å²) in [5.74, 6) is -1.71. The molecule has 5 nitrogen and oxygen atoms in total. The summed E-state index contributed by atoms with van der Waals surface area (Å²) in [4.78, 5) is 23.2. The summed E-state index contributed by atoms with van der Waals surface area (Å²) in [6.07, 6.45) is 1.89. The van der Waals surface area contributed by atoms with Crippen LogP contribution in [0.25, 0.3) is 0 Å². The van der Waals surface area contributed by atoms with E-state index in [0.29, 0.717) is 5.56 Å². The molecule has 3 N–H and O–H groups in total. The average molecular weight is 294 g/mol. The number of carbonyl (C=O) groups excluding carboxylic acids is 2. The van der Waals surface area contributed by atoms with E-state index in [4.69, 9.17) is 0 Å². The summed E-state index contributed by atoms with van der Waals surface area (Å²) in [5, 5.41) is 14.9. The number of halogens is 1. The Balaban J connectivity index is 1.74. The first kappa shape index (κ1) is 15.4. The summed E-state index contributed by atoms with van der Waals surface area (Å²) in [6, 6.07) is 5.64. The van der Waals surface area contributed by atoms with Crippen LogP contribution in [0.2, 0.25) is 0 Å². The Morgan fingerprint density at radius 1 is 1.24 bits per heavy atom. The van der Waals surface area contributed by atoms with Crippen LogP contribution in [0.5, 0.6) is 0 Å². The molecule has 6 heteroatoms. The zero-order chi connectivity index (χ0) is 15.5. The lowest BCUT2D eigenvalue weighted by Crippen LogP contribution is -2.47. The second-order valence-corrected chi connectivity index (χ2v) is 5.62. The first-order chi connectivity index (χ1) is 9.88. The first-order valence-corrected chi connectivity index (χ1v) is 6.91. The number of hydrogen-bond acceptors (Lipinski definition) is 3. The number of nitrogens with one attached hydrogen (secondary N) is 2. The van der Waals surface area contributed by atoms with Crippen LogP contribution in [0.4, 0.5) is 4.39 Å². The van der Waals surface area contributed by atoms with Gasteiger partial charge in [-0.15, -0.1) is 0 Å². The third-order valence-corrected chi connectivity index (χ3v) is 3.64. The largest absolute Gasteiger partial charge is 0.388 e. The molecule has 1 atom stereocenters. The maximum absolute atomic E-state index is 12.7. The summed E-state index contributed by atoms with van der Waals surface area (Å²) in [5.41, 5.74) is -0.269. The van der Waals surface area contributed by atoms with E-state index < -0.39 is 17.4 Å². The molecule has 0 radical (unpaired) electrons. The van der Waals surface area contributed by atoms with E-state index in [-0.39, 0.29) is 24.8 Å². The Hall–Kier alpha value is -1.95. The SMILES string of the molecule is CC(O)(CNC(=O)C(=O)NCc1ccc(F)cc1)C1CC1. The highest BCUT2D eigenvalue weighted by atomic mass is 19.1. The lowest BCUT2D eigenvalue weighted by atomic mass is 10.0. The number of aliphatic hydroxyl groups is 1. The highest BCUT2D eigenvalue weighted by Crippen LogP contribution is 2.38. The Morgan fingerprint density at radius 2 is 1.81 bits per heavy atom. The van der Waals surface area contributed by atoms with Gasteiger partial charge in [0.1, 0.15) is 5.82 Å². The van der Waals surface area contributed by atoms with Crippen LogP contribution in [0.1, 0.15) is 25.3 Å². The van der Waals surface area contributed by atoms with Crippen molar-refractivity contribution in [3.63, 3.8) is 0 Å². The molecule has 0 heterocycles. The molecule has 114 valence electrons. The second kappa shape index (κ2) is 6.22. The molecular weight excluding hydrogens is 275 g/mol. The molecule has 0 aliphatic heterocycles. The predicted molar refractivity (Wildman–Crippen MR) is 74.6 cm³/mol. The predicted octanol–water partition coefficient (Wildman–Crippen LogP) is 0.719. The minimum Gasteiger partial charge on any atom is -0.388 e. The van der Waals surface area contributed by atoms with Crippen molar-refractivity contribution in [2.75, 3.05) is 6.54 Å². The van der Waals surface area contributed by atoms with Crippen LogP contribution in [-0.4, -0.2) is 29.1 Å². The third-order valence-electron chi connectivity index (χ3n) is 3.64. The van der Waals surface area contributed by atoms with Gasteiger partial charge < -0.3 is 15.7 Å². The number of amides is 2. The van der Waals surface area contributed by atoms with E-state index in [0.717, 1.165) is 12.8 Å². The highest BCUT2D eigenvalue weighted by molar-refractivity contribution is 6.35. The molecule has 2 amide bonds. The third kappa shape index (κ3) is 4.53. The van der Waals surface area contributed by atoms with E-state index in [9.17, 15) is 19.1 Å². The van der Waals surface area contributed by atoms with Crippen LogP contribution in [0, 0.1) is 11.7 Å². The van der Waals surface area contributed by atoms with Crippen LogP contribution >= 0.6 is 0 Å². The fourth-order valence-corrected chi connectivity index (χ4v) is 2.05. The molecule has 1 unspecified atom stereocenters. The normalized spacial score (nSPS) is 16.9. The molecule has 1 aliphatic carbocycles. The van der Waals surface area contributed by atoms with Crippen molar-refractivity contribution in [1.29, 1.82) is 0 Å². The molecule has 0 bridgehead atoms. The fourth-order valence-electron chi connectivity index (χ4n) is 2.05. The van der Waals surface area contributed by atoms with Gasteiger partial charge in [0.25, 0.3) is 0 Å². The fraction of sp³-hybridized carbons (Fsp3) is 0.467. The van der Waals surface area contributed by atoms with Crippen molar-refractivity contribution in [3.8, 4) is 0 Å². The maximum atomic E-state index is 12.7. The lowest BCUT2D eigenvalue weighted by Gasteiger charge is -2.22. The van der Waals surface area contributed by atoms with Gasteiger partial charge in [0.05, 0.1) is 5.60 Å². The number of hydrogen-bond donors (Lipinski definition) is 3. The Morgan fingerprint density at radius 3 is 2.38 bits per heavy atom. The number of rotatable bonds is 5. The van der Waals surface area contributed by atoms with Gasteiger partial charge >= 0.3 is 11.8 Å². The van der Waals surface area contributed by atoms with Gasteiger partial charge in [-0.2, -0.15) is 0 Å². The van der Waals surface area contributed by atoms with Gasteiger partial charge in [0, 0.05) is 13.1 Å². The molecule has 1 aliphatic rings. The average Bonchev–Trinajstić information content (AvgIpc) is 3.29. The van der Waals surface area contributed by atoms with Gasteiger partial charge in [-0.1, -0.05) is 12.1 Å². The van der Waals surface area contributed by atoms with E-state index in [2.05, 4.69) is 10.6 Å². The number of benzene rings is 1. The van der Waals surface area contributed by atoms with Gasteiger partial charge in [-0.05, 0) is 43.4 Å². The Labute approximate surface area is 122 Å². The van der Waals surface area contributed by atoms with E-state index in [1.54, 1.807) is 6.92 Å². The minimum atomic E-state index is -0.965. The monoisotopic (exact) mass is 294 g/mol. The molecule has 21 heavy (non-hydrogen) atoms. The molecular formula is C15H19FN2O3. The van der Waals surface area contributed by atoms with Crippen molar-refractivity contribution in [1.82, 2.24) is 10.6 Å². The van der Waals surface area contributed by atoms with Gasteiger partial charge in [0.15, 0.2) is 0 Å². The van der Waals surface area contributed by atoms with Crippen LogP contribution < -0.4 is 10.6 Å². The zero-order valence-corrected chi connectivity index (χ0v) is 11.9. The van der Waals surface area contributed by atoms with Gasteiger partial charge in [0.2, 0.25) is 0 Å². The molecule has 2 rings (SSSR count). The lowest BCUT2D eigenvalue weighted by molar-refractivity contribution is -0.140. The quantitative estimate of drug-likeness (QED) is 0.700. The van der Waals surface area contributed by atoms with Crippen LogP contribution in [0.3, 0.4) is 0 Å². The molecule has 1 fully saturated rings. The summed E-state index contributed by atoms with van der Waals surface area (Å²) >= 11 is 0. The van der Waals surface area contributed by atoms with Gasteiger partial charge in [-0.3, -0.25) is 9.59 Å². The standard InChI is InChI=1S/C15H19FN2O3/c1-15(21,11-4-5-11)9-18-14(20)13(19)17-8-10-2-6-12(16)7-3-10/h2-3,6-7,11,21H,4-5,8-9H2,1H3,(H,17,19)(H,18,20). The first-order valence-electron chi connectivity index (χ1n) is 6.91. The van der Waals surface area contributed by atoms with E-state index in [1.165, 1.54) is 24.3 Å². The number of carbonyl (C=O) groups is 2. The topological polar surface area (TPSA) is 78.4 Å². The maximum Gasteiger partial charge on any atom is 0.309 e. The highest BCUT2D eigenvalue weighted by Gasteiger charge is 2.40. The summed E-state index contributed by atoms with van der Waals surface area (Å²) in [6.45, 7) is 1.85. The van der Waals surface area contributed by atoms with E-state index in [1.807, 2.05) is 0 Å².